The van der Waals surface area contributed by atoms with Gasteiger partial charge in [0.05, 0.1) is 22.8 Å². The number of thioether (sulfide) groups is 1. The molecule has 1 aromatic carbocycles. The normalized spacial score (nSPS) is 10.9. The van der Waals surface area contributed by atoms with Crippen molar-refractivity contribution in [3.05, 3.63) is 56.6 Å². The average Bonchev–Trinajstić information content (AvgIpc) is 3.57. The second-order valence-corrected chi connectivity index (χ2v) is 11.2. The Morgan fingerprint density at radius 2 is 1.87 bits per heavy atom. The minimum atomic E-state index is -0.671. The van der Waals surface area contributed by atoms with Crippen molar-refractivity contribution in [1.82, 2.24) is 14.8 Å². The second-order valence-electron chi connectivity index (χ2n) is 8.18. The molecular formula is C26H27N5O4S3. The molecule has 38 heavy (non-hydrogen) atoms. The summed E-state index contributed by atoms with van der Waals surface area (Å²) in [4.78, 5) is 38.6. The van der Waals surface area contributed by atoms with Crippen molar-refractivity contribution in [3.63, 3.8) is 0 Å². The molecule has 12 heteroatoms. The molecule has 0 aliphatic carbocycles. The van der Waals surface area contributed by atoms with Gasteiger partial charge in [-0.05, 0) is 38.8 Å². The van der Waals surface area contributed by atoms with Gasteiger partial charge in [-0.25, -0.2) is 4.79 Å². The van der Waals surface area contributed by atoms with E-state index < -0.39 is 11.9 Å². The Labute approximate surface area is 232 Å². The van der Waals surface area contributed by atoms with Crippen LogP contribution in [0.1, 0.15) is 44.3 Å². The van der Waals surface area contributed by atoms with E-state index in [9.17, 15) is 14.4 Å². The number of ether oxygens (including phenoxy) is 1. The summed E-state index contributed by atoms with van der Waals surface area (Å²) in [6.45, 7) is 8.16. The third kappa shape index (κ3) is 5.52. The zero-order valence-electron chi connectivity index (χ0n) is 21.4. The van der Waals surface area contributed by atoms with Crippen molar-refractivity contribution in [2.75, 3.05) is 17.7 Å². The van der Waals surface area contributed by atoms with Crippen molar-refractivity contribution in [2.24, 2.45) is 5.73 Å². The van der Waals surface area contributed by atoms with Crippen molar-refractivity contribution in [3.8, 4) is 22.5 Å². The second kappa shape index (κ2) is 11.9. The summed E-state index contributed by atoms with van der Waals surface area (Å²) in [6.07, 6.45) is 0. The molecular weight excluding hydrogens is 543 g/mol. The Morgan fingerprint density at radius 1 is 1.13 bits per heavy atom. The van der Waals surface area contributed by atoms with E-state index in [0.29, 0.717) is 17.3 Å². The van der Waals surface area contributed by atoms with Crippen LogP contribution < -0.4 is 11.1 Å². The Bertz CT molecular complexity index is 1490. The van der Waals surface area contributed by atoms with Crippen LogP contribution >= 0.6 is 34.4 Å². The van der Waals surface area contributed by atoms with E-state index in [2.05, 4.69) is 40.0 Å². The maximum atomic E-state index is 12.9. The number of anilines is 1. The number of hydrogen-bond donors (Lipinski definition) is 2. The van der Waals surface area contributed by atoms with E-state index in [4.69, 9.17) is 10.5 Å². The molecule has 0 bridgehead atoms. The van der Waals surface area contributed by atoms with Gasteiger partial charge in [-0.15, -0.1) is 32.9 Å². The average molecular weight is 570 g/mol. The first-order chi connectivity index (χ1) is 18.3. The number of aromatic nitrogens is 3. The molecule has 198 valence electrons. The molecule has 0 aliphatic rings. The number of nitrogens with two attached hydrogens (primary N) is 1. The van der Waals surface area contributed by atoms with Crippen molar-refractivity contribution in [2.45, 2.75) is 39.4 Å². The quantitative estimate of drug-likeness (QED) is 0.194. The summed E-state index contributed by atoms with van der Waals surface area (Å²) in [6, 6.07) is 10.2. The van der Waals surface area contributed by atoms with E-state index in [1.54, 1.807) is 25.2 Å². The highest BCUT2D eigenvalue weighted by Gasteiger charge is 2.26. The molecule has 0 saturated heterocycles. The standard InChI is InChI=1S/C26H27N5O4S3/c1-5-31-23(17-12-36-15(4)20(17)16-10-8-7-9-11-16)29-30-26(31)37-13-18(32)28-24-19(25(34)35-6-2)14(3)21(38-24)22(27)33/h7-12H,5-6,13H2,1-4H3,(H2,27,33)(H,28,32). The van der Waals surface area contributed by atoms with Gasteiger partial charge in [-0.1, -0.05) is 42.1 Å². The molecule has 0 fully saturated rings. The minimum Gasteiger partial charge on any atom is -0.462 e. The fraction of sp³-hybridized carbons (Fsp3) is 0.269. The zero-order chi connectivity index (χ0) is 27.4. The third-order valence-electron chi connectivity index (χ3n) is 5.75. The van der Waals surface area contributed by atoms with Crippen LogP contribution in [0.4, 0.5) is 5.00 Å². The van der Waals surface area contributed by atoms with Gasteiger partial charge in [0.1, 0.15) is 5.00 Å². The van der Waals surface area contributed by atoms with Gasteiger partial charge in [0, 0.05) is 27.9 Å². The smallest absolute Gasteiger partial charge is 0.341 e. The fourth-order valence-corrected chi connectivity index (χ4v) is 6.77. The number of thiophene rings is 2. The van der Waals surface area contributed by atoms with Crippen LogP contribution in [-0.4, -0.2) is 44.9 Å². The number of esters is 1. The number of rotatable bonds is 10. The van der Waals surface area contributed by atoms with Crippen molar-refractivity contribution < 1.29 is 19.1 Å². The summed E-state index contributed by atoms with van der Waals surface area (Å²) < 4.78 is 7.09. The number of hydrogen-bond acceptors (Lipinski definition) is 9. The number of nitrogens with zero attached hydrogens (tertiary/aromatic N) is 3. The van der Waals surface area contributed by atoms with E-state index in [1.807, 2.05) is 29.7 Å². The monoisotopic (exact) mass is 569 g/mol. The Morgan fingerprint density at radius 3 is 2.53 bits per heavy atom. The van der Waals surface area contributed by atoms with E-state index in [-0.39, 0.29) is 33.7 Å². The van der Waals surface area contributed by atoms with Crippen LogP contribution in [0.15, 0.2) is 40.9 Å². The molecule has 0 aliphatic heterocycles. The summed E-state index contributed by atoms with van der Waals surface area (Å²) in [5, 5.41) is 14.5. The van der Waals surface area contributed by atoms with Gasteiger partial charge >= 0.3 is 5.97 Å². The van der Waals surface area contributed by atoms with E-state index >= 15 is 0 Å². The molecule has 2 amide bonds. The number of carbonyl (C=O) groups is 3. The summed E-state index contributed by atoms with van der Waals surface area (Å²) in [5.41, 5.74) is 9.21. The Kier molecular flexibility index (Phi) is 8.65. The molecule has 9 nitrogen and oxygen atoms in total. The first kappa shape index (κ1) is 27.6. The predicted octanol–water partition coefficient (Wildman–Crippen LogP) is 5.38. The Hall–Kier alpha value is -3.48. The highest BCUT2D eigenvalue weighted by atomic mass is 32.2. The van der Waals surface area contributed by atoms with Crippen molar-refractivity contribution in [1.29, 1.82) is 0 Å². The fourth-order valence-electron chi connectivity index (χ4n) is 4.04. The lowest BCUT2D eigenvalue weighted by Crippen LogP contribution is -2.17. The SMILES string of the molecule is CCOC(=O)c1c(NC(=O)CSc2nnc(-c3csc(C)c3-c3ccccc3)n2CC)sc(C(N)=O)c1C. The minimum absolute atomic E-state index is 0.0253. The molecule has 3 aromatic heterocycles. The molecule has 3 heterocycles. The molecule has 0 saturated carbocycles. The number of benzene rings is 1. The molecule has 0 unspecified atom stereocenters. The molecule has 4 rings (SSSR count). The molecule has 0 spiro atoms. The summed E-state index contributed by atoms with van der Waals surface area (Å²) >= 11 is 3.86. The van der Waals surface area contributed by atoms with Crippen LogP contribution in [0.3, 0.4) is 0 Å². The van der Waals surface area contributed by atoms with Crippen LogP contribution in [0.5, 0.6) is 0 Å². The van der Waals surface area contributed by atoms with Gasteiger partial charge < -0.3 is 20.4 Å². The van der Waals surface area contributed by atoms with Gasteiger partial charge in [-0.2, -0.15) is 0 Å². The van der Waals surface area contributed by atoms with E-state index in [0.717, 1.165) is 33.9 Å². The first-order valence-electron chi connectivity index (χ1n) is 11.9. The zero-order valence-corrected chi connectivity index (χ0v) is 23.8. The lowest BCUT2D eigenvalue weighted by molar-refractivity contribution is -0.113. The maximum absolute atomic E-state index is 12.9. The van der Waals surface area contributed by atoms with Gasteiger partial charge in [-0.3, -0.25) is 9.59 Å². The number of primary amides is 1. The summed E-state index contributed by atoms with van der Waals surface area (Å²) in [5.74, 6) is -0.885. The number of aryl methyl sites for hydroxylation is 1. The lowest BCUT2D eigenvalue weighted by Gasteiger charge is -2.10. The Balaban J connectivity index is 1.55. The predicted molar refractivity (Wildman–Crippen MR) is 152 cm³/mol. The van der Waals surface area contributed by atoms with Gasteiger partial charge in [0.15, 0.2) is 11.0 Å². The van der Waals surface area contributed by atoms with Crippen LogP contribution in [0.2, 0.25) is 0 Å². The highest BCUT2D eigenvalue weighted by Crippen LogP contribution is 2.39. The number of carbonyl (C=O) groups excluding carboxylic acids is 3. The van der Waals surface area contributed by atoms with Crippen molar-refractivity contribution >= 4 is 57.2 Å². The third-order valence-corrected chi connectivity index (χ3v) is 8.85. The summed E-state index contributed by atoms with van der Waals surface area (Å²) in [7, 11) is 0. The number of nitrogens with one attached hydrogen (secondary N) is 1. The van der Waals surface area contributed by atoms with Gasteiger partial charge in [0.25, 0.3) is 5.91 Å². The molecule has 3 N–H and O–H groups in total. The highest BCUT2D eigenvalue weighted by molar-refractivity contribution is 7.99. The molecule has 0 atom stereocenters. The lowest BCUT2D eigenvalue weighted by atomic mass is 10.0. The van der Waals surface area contributed by atoms with E-state index in [1.165, 1.54) is 16.6 Å². The molecule has 0 radical (unpaired) electrons. The van der Waals surface area contributed by atoms with Crippen LogP contribution in [0.25, 0.3) is 22.5 Å². The number of amides is 2. The molecule has 4 aromatic rings. The largest absolute Gasteiger partial charge is 0.462 e. The first-order valence-corrected chi connectivity index (χ1v) is 14.5. The van der Waals surface area contributed by atoms with Crippen LogP contribution in [0, 0.1) is 13.8 Å². The van der Waals surface area contributed by atoms with Gasteiger partial charge in [0.2, 0.25) is 5.91 Å². The maximum Gasteiger partial charge on any atom is 0.341 e. The van der Waals surface area contributed by atoms with Crippen LogP contribution in [-0.2, 0) is 16.1 Å². The topological polar surface area (TPSA) is 129 Å².